The summed E-state index contributed by atoms with van der Waals surface area (Å²) in [5.74, 6) is -2.72. The third-order valence-electron chi connectivity index (χ3n) is 1.18. The molecule has 0 aliphatic rings. The molecular weight excluding hydrogens is 220 g/mol. The van der Waals surface area contributed by atoms with Gasteiger partial charge in [0.1, 0.15) is 6.10 Å². The van der Waals surface area contributed by atoms with Crippen LogP contribution in [0.2, 0.25) is 0 Å². The molecule has 0 radical (unpaired) electrons. The van der Waals surface area contributed by atoms with Crippen LogP contribution in [-0.2, 0) is 19.1 Å². The number of carbonyl (C=O) groups excluding carboxylic acids is 1. The number of rotatable bonds is 5. The van der Waals surface area contributed by atoms with Crippen LogP contribution in [-0.4, -0.2) is 45.9 Å². The number of carbonyl (C=O) groups is 3. The smallest absolute Gasteiger partial charge is 0.334 e. The summed E-state index contributed by atoms with van der Waals surface area (Å²) in [5.41, 5.74) is 0. The Balaban J connectivity index is 0. The topological polar surface area (TPSA) is 121 Å². The van der Waals surface area contributed by atoms with Gasteiger partial charge in [-0.05, 0) is 13.8 Å². The lowest BCUT2D eigenvalue weighted by atomic mass is 10.3. The van der Waals surface area contributed by atoms with E-state index >= 15 is 0 Å². The fourth-order valence-corrected chi connectivity index (χ4v) is 0.477. The summed E-state index contributed by atoms with van der Waals surface area (Å²) in [6.45, 7) is 3.39. The fourth-order valence-electron chi connectivity index (χ4n) is 0.477. The molecule has 0 aromatic heterocycles. The third kappa shape index (κ3) is 14.9. The number of ether oxygens (including phenoxy) is 1. The summed E-state index contributed by atoms with van der Waals surface area (Å²) in [6.07, 6.45) is -1.58. The maximum absolute atomic E-state index is 10.3. The first-order chi connectivity index (χ1) is 7.31. The highest BCUT2D eigenvalue weighted by Crippen LogP contribution is 1.86. The summed E-state index contributed by atoms with van der Waals surface area (Å²) in [7, 11) is 0. The number of aliphatic hydroxyl groups is 1. The molecule has 0 rings (SSSR count). The van der Waals surface area contributed by atoms with Gasteiger partial charge in [0, 0.05) is 0 Å². The first-order valence-electron chi connectivity index (χ1n) is 4.59. The molecule has 0 aromatic carbocycles. The molecule has 0 heterocycles. The van der Waals surface area contributed by atoms with Crippen LogP contribution in [0.25, 0.3) is 0 Å². The zero-order valence-electron chi connectivity index (χ0n) is 9.17. The van der Waals surface area contributed by atoms with Crippen molar-refractivity contribution in [1.29, 1.82) is 0 Å². The summed E-state index contributed by atoms with van der Waals surface area (Å²) in [5, 5.41) is 24.3. The Hall–Kier alpha value is -1.63. The Morgan fingerprint density at radius 3 is 1.62 bits per heavy atom. The van der Waals surface area contributed by atoms with Gasteiger partial charge < -0.3 is 20.1 Å². The van der Waals surface area contributed by atoms with Crippen molar-refractivity contribution < 1.29 is 34.4 Å². The van der Waals surface area contributed by atoms with Crippen LogP contribution in [0.5, 0.6) is 0 Å². The molecule has 7 nitrogen and oxygen atoms in total. The van der Waals surface area contributed by atoms with Crippen molar-refractivity contribution in [2.75, 3.05) is 6.61 Å². The van der Waals surface area contributed by atoms with Crippen LogP contribution in [0.4, 0.5) is 0 Å². The predicted octanol–water partition coefficient (Wildman–Crippen LogP) is -0.134. The molecule has 16 heavy (non-hydrogen) atoms. The molecule has 0 aliphatic carbocycles. The van der Waals surface area contributed by atoms with Crippen molar-refractivity contribution in [3.8, 4) is 0 Å². The largest absolute Gasteiger partial charge is 0.481 e. The van der Waals surface area contributed by atoms with Gasteiger partial charge in [-0.1, -0.05) is 0 Å². The van der Waals surface area contributed by atoms with Gasteiger partial charge in [-0.15, -0.1) is 0 Å². The highest BCUT2D eigenvalue weighted by atomic mass is 16.5. The molecule has 0 spiro atoms. The lowest BCUT2D eigenvalue weighted by Crippen LogP contribution is -2.18. The van der Waals surface area contributed by atoms with Crippen molar-refractivity contribution in [3.63, 3.8) is 0 Å². The minimum absolute atomic E-state index is 0.296. The van der Waals surface area contributed by atoms with E-state index in [1.807, 2.05) is 0 Å². The van der Waals surface area contributed by atoms with E-state index < -0.39 is 24.0 Å². The average Bonchev–Trinajstić information content (AvgIpc) is 2.16. The van der Waals surface area contributed by atoms with Crippen LogP contribution in [0, 0.1) is 0 Å². The summed E-state index contributed by atoms with van der Waals surface area (Å²) in [4.78, 5) is 29.6. The number of aliphatic carboxylic acids is 2. The number of carboxylic acid groups (broad SMARTS) is 2. The second kappa shape index (κ2) is 9.91. The number of carboxylic acids is 2. The van der Waals surface area contributed by atoms with Crippen molar-refractivity contribution in [1.82, 2.24) is 0 Å². The van der Waals surface area contributed by atoms with E-state index in [0.29, 0.717) is 6.61 Å². The number of esters is 1. The lowest BCUT2D eigenvalue weighted by molar-refractivity contribution is -0.151. The zero-order valence-corrected chi connectivity index (χ0v) is 9.17. The second-order valence-corrected chi connectivity index (χ2v) is 2.72. The highest BCUT2D eigenvalue weighted by molar-refractivity contribution is 5.75. The number of hydrogen-bond acceptors (Lipinski definition) is 5. The van der Waals surface area contributed by atoms with Gasteiger partial charge in [-0.2, -0.15) is 0 Å². The summed E-state index contributed by atoms with van der Waals surface area (Å²) < 4.78 is 4.41. The van der Waals surface area contributed by atoms with Crippen LogP contribution in [0.1, 0.15) is 26.7 Å². The Bertz CT molecular complexity index is 220. The average molecular weight is 236 g/mol. The van der Waals surface area contributed by atoms with E-state index in [1.165, 1.54) is 6.92 Å². The van der Waals surface area contributed by atoms with E-state index in [-0.39, 0.29) is 12.8 Å². The van der Waals surface area contributed by atoms with Gasteiger partial charge in [0.2, 0.25) is 0 Å². The van der Waals surface area contributed by atoms with Gasteiger partial charge in [-0.3, -0.25) is 9.59 Å². The minimum atomic E-state index is -1.08. The molecule has 0 fully saturated rings. The van der Waals surface area contributed by atoms with E-state index in [4.69, 9.17) is 15.3 Å². The predicted molar refractivity (Wildman–Crippen MR) is 52.8 cm³/mol. The minimum Gasteiger partial charge on any atom is -0.481 e. The van der Waals surface area contributed by atoms with E-state index in [1.54, 1.807) is 6.92 Å². The Morgan fingerprint density at radius 1 is 1.12 bits per heavy atom. The Kier molecular flexibility index (Phi) is 10.4. The van der Waals surface area contributed by atoms with Gasteiger partial charge >= 0.3 is 17.9 Å². The van der Waals surface area contributed by atoms with E-state index in [0.717, 1.165) is 0 Å². The second-order valence-electron chi connectivity index (χ2n) is 2.72. The van der Waals surface area contributed by atoms with Gasteiger partial charge in [-0.25, -0.2) is 4.79 Å². The zero-order chi connectivity index (χ0) is 13.1. The molecular formula is C9H16O7. The first kappa shape index (κ1) is 16.8. The van der Waals surface area contributed by atoms with Gasteiger partial charge in [0.05, 0.1) is 19.4 Å². The van der Waals surface area contributed by atoms with E-state index in [9.17, 15) is 14.4 Å². The number of hydrogen-bond donors (Lipinski definition) is 3. The molecule has 3 N–H and O–H groups in total. The van der Waals surface area contributed by atoms with Gasteiger partial charge in [0.15, 0.2) is 0 Å². The van der Waals surface area contributed by atoms with Crippen molar-refractivity contribution in [2.45, 2.75) is 32.8 Å². The molecule has 0 amide bonds. The Labute approximate surface area is 92.6 Å². The van der Waals surface area contributed by atoms with Crippen LogP contribution >= 0.6 is 0 Å². The molecule has 0 saturated carbocycles. The molecule has 0 saturated heterocycles. The highest BCUT2D eigenvalue weighted by Gasteiger charge is 2.07. The Morgan fingerprint density at radius 2 is 1.50 bits per heavy atom. The summed E-state index contributed by atoms with van der Waals surface area (Å²) in [6, 6.07) is 0. The molecule has 0 bridgehead atoms. The lowest BCUT2D eigenvalue weighted by Gasteiger charge is -2.01. The molecule has 1 unspecified atom stereocenters. The molecule has 94 valence electrons. The molecule has 0 aromatic rings. The van der Waals surface area contributed by atoms with Crippen molar-refractivity contribution >= 4 is 17.9 Å². The maximum Gasteiger partial charge on any atom is 0.334 e. The quantitative estimate of drug-likeness (QED) is 0.568. The van der Waals surface area contributed by atoms with Crippen molar-refractivity contribution in [2.24, 2.45) is 0 Å². The van der Waals surface area contributed by atoms with Crippen LogP contribution in [0.3, 0.4) is 0 Å². The molecule has 0 aliphatic heterocycles. The van der Waals surface area contributed by atoms with Crippen molar-refractivity contribution in [3.05, 3.63) is 0 Å². The van der Waals surface area contributed by atoms with Crippen LogP contribution < -0.4 is 0 Å². The van der Waals surface area contributed by atoms with Gasteiger partial charge in [0.25, 0.3) is 0 Å². The van der Waals surface area contributed by atoms with E-state index in [2.05, 4.69) is 4.74 Å². The third-order valence-corrected chi connectivity index (χ3v) is 1.18. The summed E-state index contributed by atoms with van der Waals surface area (Å²) >= 11 is 0. The monoisotopic (exact) mass is 236 g/mol. The fraction of sp³-hybridized carbons (Fsp3) is 0.667. The first-order valence-corrected chi connectivity index (χ1v) is 4.59. The SMILES string of the molecule is CCOC(=O)C(C)O.O=C(O)CCC(=O)O. The van der Waals surface area contributed by atoms with Crippen LogP contribution in [0.15, 0.2) is 0 Å². The molecule has 1 atom stereocenters. The number of aliphatic hydroxyl groups excluding tert-OH is 1. The normalized spacial score (nSPS) is 10.7. The maximum atomic E-state index is 10.3. The molecule has 7 heteroatoms. The standard InChI is InChI=1S/C5H10O3.C4H6O4/c1-3-8-5(7)4(2)6;5-3(6)1-2-4(7)8/h4,6H,3H2,1-2H3;1-2H2,(H,5,6)(H,7,8).